The fraction of sp³-hybridized carbons (Fsp3) is 0.476. The Morgan fingerprint density at radius 2 is 2.07 bits per heavy atom. The number of nitrogens with one attached hydrogen (secondary N) is 2. The Labute approximate surface area is 173 Å². The van der Waals surface area contributed by atoms with Gasteiger partial charge in [0.05, 0.1) is 17.6 Å². The molecule has 2 aromatic rings. The van der Waals surface area contributed by atoms with E-state index in [9.17, 15) is 14.4 Å². The van der Waals surface area contributed by atoms with Crippen LogP contribution in [0.1, 0.15) is 53.7 Å². The molecule has 0 radical (unpaired) electrons. The van der Waals surface area contributed by atoms with Gasteiger partial charge < -0.3 is 10.2 Å². The molecular weight excluding hydrogens is 384 g/mol. The van der Waals surface area contributed by atoms with Crippen molar-refractivity contribution in [1.29, 1.82) is 0 Å². The first-order valence-electron chi connectivity index (χ1n) is 10.5. The highest BCUT2D eigenvalue weighted by Gasteiger charge is 2.39. The van der Waals surface area contributed by atoms with Crippen molar-refractivity contribution in [1.82, 2.24) is 30.5 Å². The van der Waals surface area contributed by atoms with Gasteiger partial charge >= 0.3 is 0 Å². The number of amides is 3. The smallest absolute Gasteiger partial charge is 0.255 e. The molecule has 0 spiro atoms. The molecule has 9 heteroatoms. The van der Waals surface area contributed by atoms with Gasteiger partial charge in [0.2, 0.25) is 11.8 Å². The average Bonchev–Trinajstić information content (AvgIpc) is 3.47. The number of rotatable bonds is 5. The largest absolute Gasteiger partial charge is 0.322 e. The number of aryl methyl sites for hydroxylation is 1. The van der Waals surface area contributed by atoms with Gasteiger partial charge in [-0.3, -0.25) is 19.7 Å². The summed E-state index contributed by atoms with van der Waals surface area (Å²) in [4.78, 5) is 38.1. The molecule has 2 saturated heterocycles. The van der Waals surface area contributed by atoms with E-state index in [-0.39, 0.29) is 18.2 Å². The van der Waals surface area contributed by atoms with Crippen LogP contribution >= 0.6 is 0 Å². The molecule has 0 bridgehead atoms. The Morgan fingerprint density at radius 1 is 1.17 bits per heavy atom. The van der Waals surface area contributed by atoms with Crippen LogP contribution in [-0.4, -0.2) is 56.2 Å². The van der Waals surface area contributed by atoms with Gasteiger partial charge in [-0.05, 0) is 56.3 Å². The van der Waals surface area contributed by atoms with Crippen molar-refractivity contribution >= 4 is 17.7 Å². The van der Waals surface area contributed by atoms with E-state index in [4.69, 9.17) is 0 Å². The average molecular weight is 408 g/mol. The van der Waals surface area contributed by atoms with Crippen LogP contribution in [0, 0.1) is 0 Å². The number of imide groups is 1. The first kappa shape index (κ1) is 18.9. The lowest BCUT2D eigenvalue weighted by atomic mass is 10.0. The monoisotopic (exact) mass is 408 g/mol. The van der Waals surface area contributed by atoms with Crippen molar-refractivity contribution < 1.29 is 14.4 Å². The molecule has 2 unspecified atom stereocenters. The zero-order valence-electron chi connectivity index (χ0n) is 16.6. The van der Waals surface area contributed by atoms with Crippen LogP contribution in [0.2, 0.25) is 0 Å². The molecule has 9 nitrogen and oxygen atoms in total. The normalized spacial score (nSPS) is 23.7. The predicted octanol–water partition coefficient (Wildman–Crippen LogP) is 0.713. The Balaban J connectivity index is 1.30. The molecule has 156 valence electrons. The molecule has 3 aliphatic rings. The summed E-state index contributed by atoms with van der Waals surface area (Å²) in [6.07, 6.45) is 6.88. The number of carbonyl (C=O) groups is 3. The molecule has 5 rings (SSSR count). The molecule has 2 N–H and O–H groups in total. The number of hydrogen-bond donors (Lipinski definition) is 2. The second-order valence-corrected chi connectivity index (χ2v) is 8.23. The summed E-state index contributed by atoms with van der Waals surface area (Å²) in [6.45, 7) is 1.47. The SMILES string of the molecule is O=C1CCC(N2Cc3ccc(-n4cc(CCC5CCCN5)nn4)cc3C2=O)C(=O)N1. The topological polar surface area (TPSA) is 109 Å². The quantitative estimate of drug-likeness (QED) is 0.706. The van der Waals surface area contributed by atoms with E-state index >= 15 is 0 Å². The van der Waals surface area contributed by atoms with Gasteiger partial charge in [0.1, 0.15) is 6.04 Å². The molecule has 2 fully saturated rings. The van der Waals surface area contributed by atoms with E-state index in [1.54, 1.807) is 15.6 Å². The van der Waals surface area contributed by atoms with Crippen LogP contribution in [0.15, 0.2) is 24.4 Å². The minimum Gasteiger partial charge on any atom is -0.322 e. The molecule has 4 heterocycles. The fourth-order valence-corrected chi connectivity index (χ4v) is 4.55. The van der Waals surface area contributed by atoms with Gasteiger partial charge in [-0.1, -0.05) is 11.3 Å². The fourth-order valence-electron chi connectivity index (χ4n) is 4.55. The van der Waals surface area contributed by atoms with Crippen molar-refractivity contribution in [2.75, 3.05) is 6.54 Å². The summed E-state index contributed by atoms with van der Waals surface area (Å²) in [5.74, 6) is -0.868. The van der Waals surface area contributed by atoms with Crippen LogP contribution in [0.5, 0.6) is 0 Å². The Kier molecular flexibility index (Phi) is 4.82. The van der Waals surface area contributed by atoms with Crippen LogP contribution in [0.4, 0.5) is 0 Å². The van der Waals surface area contributed by atoms with Crippen molar-refractivity contribution in [3.05, 3.63) is 41.2 Å². The number of benzene rings is 1. The first-order chi connectivity index (χ1) is 14.6. The van der Waals surface area contributed by atoms with Crippen LogP contribution in [0.3, 0.4) is 0 Å². The van der Waals surface area contributed by atoms with Crippen molar-refractivity contribution in [3.63, 3.8) is 0 Å². The standard InChI is InChI=1S/C21H24N6O3/c28-19-8-7-18(20(29)23-19)26-11-13-3-6-16(10-17(13)21(26)30)27-12-15(24-25-27)5-4-14-2-1-9-22-14/h3,6,10,12,14,18,22H,1-2,4-5,7-9,11H2,(H,23,28,29). The summed E-state index contributed by atoms with van der Waals surface area (Å²) in [5.41, 5.74) is 3.15. The Bertz CT molecular complexity index is 1010. The van der Waals surface area contributed by atoms with Gasteiger partial charge in [-0.2, -0.15) is 0 Å². The highest BCUT2D eigenvalue weighted by molar-refractivity contribution is 6.05. The van der Waals surface area contributed by atoms with Crippen molar-refractivity contribution in [3.8, 4) is 5.69 Å². The lowest BCUT2D eigenvalue weighted by molar-refractivity contribution is -0.136. The number of hydrogen-bond acceptors (Lipinski definition) is 6. The molecule has 1 aromatic heterocycles. The molecule has 0 saturated carbocycles. The Hall–Kier alpha value is -3.07. The molecule has 2 atom stereocenters. The van der Waals surface area contributed by atoms with Crippen molar-refractivity contribution in [2.45, 2.75) is 57.2 Å². The zero-order chi connectivity index (χ0) is 20.7. The second kappa shape index (κ2) is 7.64. The third kappa shape index (κ3) is 3.49. The lowest BCUT2D eigenvalue weighted by Gasteiger charge is -2.29. The highest BCUT2D eigenvalue weighted by Crippen LogP contribution is 2.29. The second-order valence-electron chi connectivity index (χ2n) is 8.23. The predicted molar refractivity (Wildman–Crippen MR) is 107 cm³/mol. The van der Waals surface area contributed by atoms with Crippen LogP contribution in [-0.2, 0) is 22.6 Å². The van der Waals surface area contributed by atoms with Gasteiger partial charge in [0, 0.05) is 24.6 Å². The molecule has 3 aliphatic heterocycles. The summed E-state index contributed by atoms with van der Waals surface area (Å²) < 4.78 is 1.69. The van der Waals surface area contributed by atoms with Gasteiger partial charge in [0.25, 0.3) is 5.91 Å². The zero-order valence-corrected chi connectivity index (χ0v) is 16.6. The number of carbonyl (C=O) groups excluding carboxylic acids is 3. The van der Waals surface area contributed by atoms with Crippen LogP contribution in [0.25, 0.3) is 5.69 Å². The lowest BCUT2D eigenvalue weighted by Crippen LogP contribution is -2.52. The van der Waals surface area contributed by atoms with E-state index in [0.29, 0.717) is 24.6 Å². The molecule has 30 heavy (non-hydrogen) atoms. The maximum absolute atomic E-state index is 13.0. The third-order valence-electron chi connectivity index (χ3n) is 6.23. The summed E-state index contributed by atoms with van der Waals surface area (Å²) in [6, 6.07) is 5.58. The molecule has 1 aromatic carbocycles. The molecule has 3 amide bonds. The van der Waals surface area contributed by atoms with Crippen LogP contribution < -0.4 is 10.6 Å². The molecular formula is C21H24N6O3. The maximum atomic E-state index is 13.0. The number of piperidine rings is 1. The molecule has 0 aliphatic carbocycles. The van der Waals surface area contributed by atoms with Gasteiger partial charge in [-0.25, -0.2) is 4.68 Å². The van der Waals surface area contributed by atoms with Gasteiger partial charge in [0.15, 0.2) is 0 Å². The van der Waals surface area contributed by atoms with E-state index in [1.807, 2.05) is 18.3 Å². The van der Waals surface area contributed by atoms with E-state index < -0.39 is 11.9 Å². The minimum atomic E-state index is -0.604. The van der Waals surface area contributed by atoms with Gasteiger partial charge in [-0.15, -0.1) is 5.10 Å². The van der Waals surface area contributed by atoms with E-state index in [1.165, 1.54) is 12.8 Å². The number of aromatic nitrogens is 3. The van der Waals surface area contributed by atoms with E-state index in [2.05, 4.69) is 20.9 Å². The Morgan fingerprint density at radius 3 is 2.87 bits per heavy atom. The van der Waals surface area contributed by atoms with Crippen molar-refractivity contribution in [2.24, 2.45) is 0 Å². The highest BCUT2D eigenvalue weighted by atomic mass is 16.2. The summed E-state index contributed by atoms with van der Waals surface area (Å²) >= 11 is 0. The number of nitrogens with zero attached hydrogens (tertiary/aromatic N) is 4. The maximum Gasteiger partial charge on any atom is 0.255 e. The minimum absolute atomic E-state index is 0.186. The summed E-state index contributed by atoms with van der Waals surface area (Å²) in [7, 11) is 0. The number of fused-ring (bicyclic) bond motifs is 1. The third-order valence-corrected chi connectivity index (χ3v) is 6.23. The van der Waals surface area contributed by atoms with E-state index in [0.717, 1.165) is 36.3 Å². The summed E-state index contributed by atoms with van der Waals surface area (Å²) in [5, 5.41) is 14.3. The first-order valence-corrected chi connectivity index (χ1v) is 10.5.